The zero-order valence-corrected chi connectivity index (χ0v) is 13.0. The Morgan fingerprint density at radius 3 is 2.00 bits per heavy atom. The summed E-state index contributed by atoms with van der Waals surface area (Å²) in [6, 6.07) is 0. The van der Waals surface area contributed by atoms with Crippen LogP contribution >= 0.6 is 0 Å². The van der Waals surface area contributed by atoms with E-state index in [-0.39, 0.29) is 12.1 Å². The molecule has 0 bridgehead atoms. The molecule has 1 atom stereocenters. The summed E-state index contributed by atoms with van der Waals surface area (Å²) in [5.74, 6) is 0.239. The van der Waals surface area contributed by atoms with Crippen molar-refractivity contribution >= 4 is 11.8 Å². The Balaban J connectivity index is 2.39. The highest BCUT2D eigenvalue weighted by Crippen LogP contribution is 2.15. The van der Waals surface area contributed by atoms with E-state index in [2.05, 4.69) is 0 Å². The SMILES string of the molecule is CCC1CCC(=O)CCCCCCCCCCC(=O)O1. The van der Waals surface area contributed by atoms with Crippen LogP contribution in [0.1, 0.15) is 90.4 Å². The second kappa shape index (κ2) is 10.9. The number of rotatable bonds is 1. The monoisotopic (exact) mass is 282 g/mol. The molecule has 1 aliphatic rings. The molecule has 3 nitrogen and oxygen atoms in total. The van der Waals surface area contributed by atoms with Crippen LogP contribution in [0.5, 0.6) is 0 Å². The predicted octanol–water partition coefficient (Wildman–Crippen LogP) is 4.57. The van der Waals surface area contributed by atoms with E-state index < -0.39 is 0 Å². The molecule has 1 heterocycles. The number of carbonyl (C=O) groups is 2. The highest BCUT2D eigenvalue weighted by molar-refractivity contribution is 5.78. The molecule has 0 saturated carbocycles. The average molecular weight is 282 g/mol. The second-order valence-corrected chi connectivity index (χ2v) is 5.93. The second-order valence-electron chi connectivity index (χ2n) is 5.93. The van der Waals surface area contributed by atoms with E-state index in [9.17, 15) is 9.59 Å². The lowest BCUT2D eigenvalue weighted by atomic mass is 10.0. The van der Waals surface area contributed by atoms with Crippen molar-refractivity contribution in [1.29, 1.82) is 0 Å². The van der Waals surface area contributed by atoms with Crippen molar-refractivity contribution in [1.82, 2.24) is 0 Å². The molecule has 3 heteroatoms. The number of Topliss-reactive ketones (excluding diaryl/α,β-unsaturated/α-hetero) is 1. The minimum absolute atomic E-state index is 0.0700. The zero-order chi connectivity index (χ0) is 14.6. The molecule has 1 saturated heterocycles. The molecule has 1 unspecified atom stereocenters. The van der Waals surface area contributed by atoms with Crippen molar-refractivity contribution in [3.8, 4) is 0 Å². The van der Waals surface area contributed by atoms with Crippen molar-refractivity contribution in [2.45, 2.75) is 96.5 Å². The number of esters is 1. The van der Waals surface area contributed by atoms with Gasteiger partial charge in [-0.3, -0.25) is 9.59 Å². The van der Waals surface area contributed by atoms with Crippen LogP contribution in [0.25, 0.3) is 0 Å². The molecule has 0 aromatic heterocycles. The number of hydrogen-bond acceptors (Lipinski definition) is 3. The molecule has 1 rings (SSSR count). The normalized spacial score (nSPS) is 25.1. The Morgan fingerprint density at radius 1 is 0.850 bits per heavy atom. The fourth-order valence-electron chi connectivity index (χ4n) is 2.69. The third-order valence-corrected chi connectivity index (χ3v) is 4.09. The third-order valence-electron chi connectivity index (χ3n) is 4.09. The maximum absolute atomic E-state index is 11.8. The fraction of sp³-hybridized carbons (Fsp3) is 0.882. The minimum Gasteiger partial charge on any atom is -0.462 e. The largest absolute Gasteiger partial charge is 0.462 e. The van der Waals surface area contributed by atoms with E-state index in [4.69, 9.17) is 4.74 Å². The van der Waals surface area contributed by atoms with Crippen molar-refractivity contribution < 1.29 is 14.3 Å². The summed E-state index contributed by atoms with van der Waals surface area (Å²) in [6.45, 7) is 2.01. The first-order valence-corrected chi connectivity index (χ1v) is 8.43. The molecule has 0 aliphatic carbocycles. The molecular weight excluding hydrogens is 252 g/mol. The maximum atomic E-state index is 11.8. The lowest BCUT2D eigenvalue weighted by Gasteiger charge is -2.16. The number of ether oxygens (including phenoxy) is 1. The van der Waals surface area contributed by atoms with Crippen LogP contribution in [0.3, 0.4) is 0 Å². The van der Waals surface area contributed by atoms with Gasteiger partial charge in [0.2, 0.25) is 0 Å². The van der Waals surface area contributed by atoms with Crippen LogP contribution in [0.15, 0.2) is 0 Å². The summed E-state index contributed by atoms with van der Waals surface area (Å²) in [5.41, 5.74) is 0. The van der Waals surface area contributed by atoms with E-state index in [1.54, 1.807) is 0 Å². The van der Waals surface area contributed by atoms with Gasteiger partial charge in [-0.2, -0.15) is 0 Å². The molecule has 1 fully saturated rings. The molecule has 0 radical (unpaired) electrons. The van der Waals surface area contributed by atoms with Crippen LogP contribution in [0.4, 0.5) is 0 Å². The van der Waals surface area contributed by atoms with Gasteiger partial charge in [-0.15, -0.1) is 0 Å². The lowest BCUT2D eigenvalue weighted by molar-refractivity contribution is -0.150. The molecular formula is C17H30O3. The van der Waals surface area contributed by atoms with Gasteiger partial charge in [-0.25, -0.2) is 0 Å². The van der Waals surface area contributed by atoms with Crippen molar-refractivity contribution in [3.05, 3.63) is 0 Å². The summed E-state index contributed by atoms with van der Waals surface area (Å²) in [4.78, 5) is 23.5. The first-order valence-electron chi connectivity index (χ1n) is 8.43. The van der Waals surface area contributed by atoms with Crippen LogP contribution in [-0.2, 0) is 14.3 Å². The Kier molecular flexibility index (Phi) is 9.35. The molecule has 0 aromatic rings. The average Bonchev–Trinajstić information content (AvgIpc) is 2.44. The van der Waals surface area contributed by atoms with Gasteiger partial charge in [0.25, 0.3) is 0 Å². The molecule has 0 amide bonds. The van der Waals surface area contributed by atoms with Gasteiger partial charge in [0, 0.05) is 19.3 Å². The van der Waals surface area contributed by atoms with E-state index in [0.717, 1.165) is 25.7 Å². The summed E-state index contributed by atoms with van der Waals surface area (Å²) >= 11 is 0. The highest BCUT2D eigenvalue weighted by Gasteiger charge is 2.14. The van der Waals surface area contributed by atoms with Gasteiger partial charge >= 0.3 is 5.97 Å². The third kappa shape index (κ3) is 8.34. The minimum atomic E-state index is -0.0867. The Bertz CT molecular complexity index is 286. The van der Waals surface area contributed by atoms with Gasteiger partial charge < -0.3 is 4.74 Å². The molecule has 0 N–H and O–H groups in total. The number of cyclic esters (lactones) is 1. The van der Waals surface area contributed by atoms with Gasteiger partial charge in [-0.05, 0) is 25.7 Å². The Hall–Kier alpha value is -0.860. The van der Waals surface area contributed by atoms with E-state index >= 15 is 0 Å². The number of carbonyl (C=O) groups excluding carboxylic acids is 2. The fourth-order valence-corrected chi connectivity index (χ4v) is 2.69. The van der Waals surface area contributed by atoms with Crippen LogP contribution in [0, 0.1) is 0 Å². The van der Waals surface area contributed by atoms with Gasteiger partial charge in [0.1, 0.15) is 11.9 Å². The van der Waals surface area contributed by atoms with E-state index in [1.807, 2.05) is 6.92 Å². The topological polar surface area (TPSA) is 43.4 Å². The Labute approximate surface area is 123 Å². The van der Waals surface area contributed by atoms with Crippen molar-refractivity contribution in [2.24, 2.45) is 0 Å². The molecule has 116 valence electrons. The predicted molar refractivity (Wildman–Crippen MR) is 80.6 cm³/mol. The summed E-state index contributed by atoms with van der Waals surface area (Å²) in [6.07, 6.45) is 12.5. The van der Waals surface area contributed by atoms with Gasteiger partial charge in [-0.1, -0.05) is 45.4 Å². The Morgan fingerprint density at radius 2 is 1.40 bits per heavy atom. The highest BCUT2D eigenvalue weighted by atomic mass is 16.5. The number of hydrogen-bond donors (Lipinski definition) is 0. The first kappa shape index (κ1) is 17.2. The maximum Gasteiger partial charge on any atom is 0.306 e. The molecule has 0 spiro atoms. The van der Waals surface area contributed by atoms with Gasteiger partial charge in [0.15, 0.2) is 0 Å². The van der Waals surface area contributed by atoms with E-state index in [0.29, 0.717) is 31.5 Å². The number of ketones is 1. The van der Waals surface area contributed by atoms with Crippen LogP contribution in [0.2, 0.25) is 0 Å². The quantitative estimate of drug-likeness (QED) is 0.661. The van der Waals surface area contributed by atoms with Crippen LogP contribution < -0.4 is 0 Å². The lowest BCUT2D eigenvalue weighted by Crippen LogP contribution is -2.18. The first-order chi connectivity index (χ1) is 9.72. The molecule has 0 aromatic carbocycles. The van der Waals surface area contributed by atoms with Gasteiger partial charge in [0.05, 0.1) is 0 Å². The smallest absolute Gasteiger partial charge is 0.306 e. The van der Waals surface area contributed by atoms with Crippen molar-refractivity contribution in [2.75, 3.05) is 0 Å². The molecule has 20 heavy (non-hydrogen) atoms. The summed E-state index contributed by atoms with van der Waals surface area (Å²) in [5, 5.41) is 0. The summed E-state index contributed by atoms with van der Waals surface area (Å²) < 4.78 is 5.46. The summed E-state index contributed by atoms with van der Waals surface area (Å²) in [7, 11) is 0. The van der Waals surface area contributed by atoms with Crippen LogP contribution in [-0.4, -0.2) is 17.9 Å². The standard InChI is InChI=1S/C17H30O3/c1-2-16-14-13-15(18)11-9-7-5-3-4-6-8-10-12-17(19)20-16/h16H,2-14H2,1H3. The zero-order valence-electron chi connectivity index (χ0n) is 13.0. The van der Waals surface area contributed by atoms with Crippen molar-refractivity contribution in [3.63, 3.8) is 0 Å². The van der Waals surface area contributed by atoms with E-state index in [1.165, 1.54) is 32.1 Å². The molecule has 1 aliphatic heterocycles.